The number of pyridine rings is 1. The van der Waals surface area contributed by atoms with E-state index >= 15 is 0 Å². The van der Waals surface area contributed by atoms with E-state index in [2.05, 4.69) is 30.2 Å². The fourth-order valence-electron chi connectivity index (χ4n) is 2.80. The van der Waals surface area contributed by atoms with Crippen LogP contribution < -0.4 is 16.4 Å². The van der Waals surface area contributed by atoms with Crippen LogP contribution in [0.15, 0.2) is 40.2 Å². The summed E-state index contributed by atoms with van der Waals surface area (Å²) in [5, 5.41) is 2.65. The van der Waals surface area contributed by atoms with Gasteiger partial charge in [-0.1, -0.05) is 6.07 Å². The molecule has 0 bridgehead atoms. The summed E-state index contributed by atoms with van der Waals surface area (Å²) in [4.78, 5) is 65.5. The summed E-state index contributed by atoms with van der Waals surface area (Å²) >= 11 is 1.03. The van der Waals surface area contributed by atoms with Crippen molar-refractivity contribution in [3.63, 3.8) is 0 Å². The Morgan fingerprint density at radius 2 is 2.03 bits per heavy atom. The molecule has 0 saturated heterocycles. The van der Waals surface area contributed by atoms with Gasteiger partial charge in [0, 0.05) is 12.4 Å². The standard InChI is InChI=1S/C19H14N6O4S/c1-9-13-15(19(29)25-16(24-13)11-4-2-3-5-20-11)30-14(9)18(28)22-7-12-21-6-10(8-26)17(27)23-12/h2-6,8H,7H2,1H3,(H,22,28)(H,21,23,27)(H,24,25,29). The molecule has 0 atom stereocenters. The molecule has 0 aliphatic rings. The lowest BCUT2D eigenvalue weighted by atomic mass is 10.2. The molecule has 0 spiro atoms. The Morgan fingerprint density at radius 1 is 1.20 bits per heavy atom. The number of nitrogens with zero attached hydrogens (tertiary/aromatic N) is 3. The van der Waals surface area contributed by atoms with E-state index in [0.29, 0.717) is 38.5 Å². The molecule has 150 valence electrons. The SMILES string of the molecule is Cc1c(C(=O)NCc2ncc(C=O)c(=O)[nH]2)sc2c(=O)[nH]c(-c3ccccn3)nc12. The largest absolute Gasteiger partial charge is 0.344 e. The Hall–Kier alpha value is -3.99. The maximum Gasteiger partial charge on any atom is 0.269 e. The van der Waals surface area contributed by atoms with Crippen molar-refractivity contribution in [2.75, 3.05) is 0 Å². The average Bonchev–Trinajstić information content (AvgIpc) is 3.10. The van der Waals surface area contributed by atoms with Gasteiger partial charge in [0.05, 0.1) is 22.5 Å². The molecule has 4 aromatic heterocycles. The topological polar surface area (TPSA) is 151 Å². The van der Waals surface area contributed by atoms with Crippen molar-refractivity contribution >= 4 is 33.7 Å². The van der Waals surface area contributed by atoms with Gasteiger partial charge in [-0.05, 0) is 24.6 Å². The van der Waals surface area contributed by atoms with Crippen LogP contribution in [0.2, 0.25) is 0 Å². The highest BCUT2D eigenvalue weighted by atomic mass is 32.1. The number of aromatic nitrogens is 5. The Bertz CT molecular complexity index is 1390. The molecular weight excluding hydrogens is 408 g/mol. The van der Waals surface area contributed by atoms with Gasteiger partial charge in [-0.2, -0.15) is 0 Å². The number of aldehydes is 1. The minimum absolute atomic E-state index is 0.0517. The molecule has 0 unspecified atom stereocenters. The molecule has 3 N–H and O–H groups in total. The van der Waals surface area contributed by atoms with Gasteiger partial charge in [-0.15, -0.1) is 11.3 Å². The second kappa shape index (κ2) is 7.79. The first-order chi connectivity index (χ1) is 14.5. The lowest BCUT2D eigenvalue weighted by Crippen LogP contribution is -2.26. The molecule has 4 aromatic rings. The Kier molecular flexibility index (Phi) is 5.02. The van der Waals surface area contributed by atoms with Crippen LogP contribution >= 0.6 is 11.3 Å². The number of H-pyrrole nitrogens is 2. The van der Waals surface area contributed by atoms with Crippen LogP contribution in [0.25, 0.3) is 21.7 Å². The molecule has 30 heavy (non-hydrogen) atoms. The zero-order valence-electron chi connectivity index (χ0n) is 15.6. The maximum atomic E-state index is 12.7. The van der Waals surface area contributed by atoms with Crippen molar-refractivity contribution in [3.8, 4) is 11.5 Å². The number of rotatable bonds is 5. The summed E-state index contributed by atoms with van der Waals surface area (Å²) in [5.41, 5.74) is 0.467. The molecule has 4 rings (SSSR count). The highest BCUT2D eigenvalue weighted by Crippen LogP contribution is 2.28. The Labute approximate surface area is 172 Å². The summed E-state index contributed by atoms with van der Waals surface area (Å²) in [6, 6.07) is 5.27. The normalized spacial score (nSPS) is 10.8. The second-order valence-electron chi connectivity index (χ2n) is 6.28. The molecule has 0 aromatic carbocycles. The molecule has 10 nitrogen and oxygen atoms in total. The van der Waals surface area contributed by atoms with E-state index in [-0.39, 0.29) is 23.5 Å². The number of hydrogen-bond acceptors (Lipinski definition) is 8. The molecule has 0 radical (unpaired) electrons. The van der Waals surface area contributed by atoms with Gasteiger partial charge in [0.1, 0.15) is 16.2 Å². The first-order valence-corrected chi connectivity index (χ1v) is 9.56. The highest BCUT2D eigenvalue weighted by molar-refractivity contribution is 7.21. The number of amides is 1. The van der Waals surface area contributed by atoms with Gasteiger partial charge < -0.3 is 15.3 Å². The van der Waals surface area contributed by atoms with Crippen molar-refractivity contribution in [1.82, 2.24) is 30.2 Å². The lowest BCUT2D eigenvalue weighted by Gasteiger charge is -2.04. The van der Waals surface area contributed by atoms with Gasteiger partial charge in [-0.3, -0.25) is 24.2 Å². The summed E-state index contributed by atoms with van der Waals surface area (Å²) in [6.45, 7) is 1.66. The first kappa shape index (κ1) is 19.3. The van der Waals surface area contributed by atoms with Crippen molar-refractivity contribution in [1.29, 1.82) is 0 Å². The van der Waals surface area contributed by atoms with Gasteiger partial charge in [-0.25, -0.2) is 9.97 Å². The molecular formula is C19H14N6O4S. The number of thiophene rings is 1. The first-order valence-electron chi connectivity index (χ1n) is 8.74. The number of nitrogens with one attached hydrogen (secondary N) is 3. The van der Waals surface area contributed by atoms with Crippen molar-refractivity contribution in [2.24, 2.45) is 0 Å². The van der Waals surface area contributed by atoms with Gasteiger partial charge in [0.15, 0.2) is 12.1 Å². The van der Waals surface area contributed by atoms with Gasteiger partial charge >= 0.3 is 0 Å². The molecule has 0 aliphatic heterocycles. The maximum absolute atomic E-state index is 12.7. The monoisotopic (exact) mass is 422 g/mol. The number of hydrogen-bond donors (Lipinski definition) is 3. The summed E-state index contributed by atoms with van der Waals surface area (Å²) in [6.07, 6.45) is 3.14. The third-order valence-electron chi connectivity index (χ3n) is 4.31. The molecule has 0 fully saturated rings. The van der Waals surface area contributed by atoms with Crippen LogP contribution in [0.3, 0.4) is 0 Å². The predicted octanol–water partition coefficient (Wildman–Crippen LogP) is 1.18. The summed E-state index contributed by atoms with van der Waals surface area (Å²) in [7, 11) is 0. The van der Waals surface area contributed by atoms with E-state index in [1.165, 1.54) is 0 Å². The second-order valence-corrected chi connectivity index (χ2v) is 7.30. The number of aromatic amines is 2. The van der Waals surface area contributed by atoms with Crippen molar-refractivity contribution < 1.29 is 9.59 Å². The Morgan fingerprint density at radius 3 is 2.73 bits per heavy atom. The Balaban J connectivity index is 1.63. The predicted molar refractivity (Wildman–Crippen MR) is 110 cm³/mol. The van der Waals surface area contributed by atoms with Gasteiger partial charge in [0.2, 0.25) is 0 Å². The van der Waals surface area contributed by atoms with Crippen LogP contribution in [-0.2, 0) is 6.54 Å². The minimum atomic E-state index is -0.583. The van der Waals surface area contributed by atoms with Crippen molar-refractivity contribution in [3.05, 3.63) is 73.1 Å². The quantitative estimate of drug-likeness (QED) is 0.409. The van der Waals surface area contributed by atoms with Crippen LogP contribution in [0.4, 0.5) is 0 Å². The highest BCUT2D eigenvalue weighted by Gasteiger charge is 2.20. The van der Waals surface area contributed by atoms with E-state index < -0.39 is 11.5 Å². The zero-order valence-corrected chi connectivity index (χ0v) is 16.4. The lowest BCUT2D eigenvalue weighted by molar-refractivity contribution is 0.0953. The zero-order chi connectivity index (χ0) is 21.3. The average molecular weight is 422 g/mol. The van der Waals surface area contributed by atoms with Gasteiger partial charge in [0.25, 0.3) is 17.0 Å². The summed E-state index contributed by atoms with van der Waals surface area (Å²) < 4.78 is 0.333. The molecule has 0 saturated carbocycles. The van der Waals surface area contributed by atoms with Crippen LogP contribution in [0.5, 0.6) is 0 Å². The number of carbonyl (C=O) groups excluding carboxylic acids is 2. The van der Waals surface area contributed by atoms with E-state index in [4.69, 9.17) is 0 Å². The fraction of sp³-hybridized carbons (Fsp3) is 0.105. The van der Waals surface area contributed by atoms with Crippen LogP contribution in [-0.4, -0.2) is 37.1 Å². The van der Waals surface area contributed by atoms with Crippen LogP contribution in [0.1, 0.15) is 31.4 Å². The molecule has 1 amide bonds. The molecule has 11 heteroatoms. The van der Waals surface area contributed by atoms with E-state index in [9.17, 15) is 19.2 Å². The fourth-order valence-corrected chi connectivity index (χ4v) is 3.86. The molecule has 4 heterocycles. The van der Waals surface area contributed by atoms with Crippen LogP contribution in [0, 0.1) is 6.92 Å². The van der Waals surface area contributed by atoms with Crippen molar-refractivity contribution in [2.45, 2.75) is 13.5 Å². The van der Waals surface area contributed by atoms with E-state index in [1.807, 2.05) is 0 Å². The number of carbonyl (C=O) groups is 2. The summed E-state index contributed by atoms with van der Waals surface area (Å²) in [5.74, 6) is 0.0838. The third kappa shape index (κ3) is 3.53. The molecule has 0 aliphatic carbocycles. The van der Waals surface area contributed by atoms with E-state index in [0.717, 1.165) is 17.5 Å². The number of aryl methyl sites for hydroxylation is 1. The van der Waals surface area contributed by atoms with E-state index in [1.54, 1.807) is 31.3 Å². The minimum Gasteiger partial charge on any atom is -0.344 e. The number of fused-ring (bicyclic) bond motifs is 1. The third-order valence-corrected chi connectivity index (χ3v) is 5.59. The smallest absolute Gasteiger partial charge is 0.269 e.